The second kappa shape index (κ2) is 6.31. The van der Waals surface area contributed by atoms with Crippen molar-refractivity contribution in [2.24, 2.45) is 0 Å². The Hall–Kier alpha value is -2.49. The van der Waals surface area contributed by atoms with Crippen LogP contribution in [0.3, 0.4) is 0 Å². The number of rotatable bonds is 5. The molecule has 3 rings (SSSR count). The van der Waals surface area contributed by atoms with Gasteiger partial charge in [0.25, 0.3) is 0 Å². The van der Waals surface area contributed by atoms with E-state index in [4.69, 9.17) is 0 Å². The summed E-state index contributed by atoms with van der Waals surface area (Å²) in [4.78, 5) is 8.13. The molecule has 3 aromatic rings. The third-order valence-corrected chi connectivity index (χ3v) is 3.62. The lowest BCUT2D eigenvalue weighted by Crippen LogP contribution is -2.06. The van der Waals surface area contributed by atoms with E-state index in [2.05, 4.69) is 14.5 Å². The van der Waals surface area contributed by atoms with Crippen molar-refractivity contribution in [3.8, 4) is 0 Å². The van der Waals surface area contributed by atoms with E-state index in [-0.39, 0.29) is 11.7 Å². The average molecular weight is 281 g/mol. The number of hydrogen-bond acceptors (Lipinski definition) is 2. The van der Waals surface area contributed by atoms with Crippen LogP contribution < -0.4 is 0 Å². The van der Waals surface area contributed by atoms with Gasteiger partial charge in [-0.1, -0.05) is 12.1 Å². The van der Waals surface area contributed by atoms with Gasteiger partial charge < -0.3 is 4.57 Å². The van der Waals surface area contributed by atoms with Crippen LogP contribution in [0, 0.1) is 5.82 Å². The van der Waals surface area contributed by atoms with Crippen LogP contribution in [0.5, 0.6) is 0 Å². The molecular formula is C17H16FN3. The van der Waals surface area contributed by atoms with Gasteiger partial charge in [0.15, 0.2) is 0 Å². The number of aromatic nitrogens is 3. The van der Waals surface area contributed by atoms with Crippen molar-refractivity contribution in [3.05, 3.63) is 84.5 Å². The van der Waals surface area contributed by atoms with E-state index < -0.39 is 0 Å². The molecule has 106 valence electrons. The predicted octanol–water partition coefficient (Wildman–Crippen LogP) is 3.64. The molecule has 0 aliphatic heterocycles. The van der Waals surface area contributed by atoms with Crippen molar-refractivity contribution in [3.63, 3.8) is 0 Å². The zero-order valence-electron chi connectivity index (χ0n) is 11.6. The molecule has 0 saturated carbocycles. The summed E-state index contributed by atoms with van der Waals surface area (Å²) in [5, 5.41) is 0. The number of imidazole rings is 1. The number of benzene rings is 1. The van der Waals surface area contributed by atoms with Gasteiger partial charge in [-0.25, -0.2) is 9.37 Å². The van der Waals surface area contributed by atoms with Crippen molar-refractivity contribution < 1.29 is 4.39 Å². The van der Waals surface area contributed by atoms with Crippen molar-refractivity contribution in [2.45, 2.75) is 18.9 Å². The summed E-state index contributed by atoms with van der Waals surface area (Å²) in [6.45, 7) is 0.865. The largest absolute Gasteiger partial charge is 0.337 e. The van der Waals surface area contributed by atoms with Crippen molar-refractivity contribution in [1.82, 2.24) is 14.5 Å². The van der Waals surface area contributed by atoms with Gasteiger partial charge >= 0.3 is 0 Å². The van der Waals surface area contributed by atoms with Gasteiger partial charge in [-0.2, -0.15) is 0 Å². The first-order chi connectivity index (χ1) is 10.3. The summed E-state index contributed by atoms with van der Waals surface area (Å²) < 4.78 is 15.2. The standard InChI is InChI=1S/C17H16FN3/c18-16-3-1-14(2-4-16)17(15-5-8-19-9-6-15)7-11-21-12-10-20-13-21/h1-6,8-10,12-13,17H,7,11H2. The third kappa shape index (κ3) is 3.34. The molecule has 0 aliphatic rings. The minimum absolute atomic E-state index is 0.207. The van der Waals surface area contributed by atoms with Crippen molar-refractivity contribution in [1.29, 1.82) is 0 Å². The average Bonchev–Trinajstić information content (AvgIpc) is 3.04. The fourth-order valence-corrected chi connectivity index (χ4v) is 2.51. The van der Waals surface area contributed by atoms with Gasteiger partial charge in [-0.3, -0.25) is 4.98 Å². The van der Waals surface area contributed by atoms with E-state index in [9.17, 15) is 4.39 Å². The van der Waals surface area contributed by atoms with Crippen LogP contribution in [0.25, 0.3) is 0 Å². The van der Waals surface area contributed by atoms with Crippen molar-refractivity contribution >= 4 is 0 Å². The molecule has 0 N–H and O–H groups in total. The molecule has 21 heavy (non-hydrogen) atoms. The lowest BCUT2D eigenvalue weighted by atomic mass is 9.89. The molecule has 1 unspecified atom stereocenters. The van der Waals surface area contributed by atoms with Gasteiger partial charge in [0, 0.05) is 37.3 Å². The summed E-state index contributed by atoms with van der Waals surface area (Å²) in [6.07, 6.45) is 10.1. The van der Waals surface area contributed by atoms with Crippen LogP contribution in [0.2, 0.25) is 0 Å². The fourth-order valence-electron chi connectivity index (χ4n) is 2.51. The number of pyridine rings is 1. The Morgan fingerprint density at radius 2 is 1.62 bits per heavy atom. The van der Waals surface area contributed by atoms with E-state index >= 15 is 0 Å². The highest BCUT2D eigenvalue weighted by Crippen LogP contribution is 2.28. The summed E-state index contributed by atoms with van der Waals surface area (Å²) in [7, 11) is 0. The zero-order valence-corrected chi connectivity index (χ0v) is 11.6. The molecule has 0 saturated heterocycles. The van der Waals surface area contributed by atoms with Gasteiger partial charge in [0.05, 0.1) is 6.33 Å². The molecule has 1 aromatic carbocycles. The first-order valence-corrected chi connectivity index (χ1v) is 6.94. The Morgan fingerprint density at radius 1 is 0.905 bits per heavy atom. The number of hydrogen-bond donors (Lipinski definition) is 0. The molecule has 0 fully saturated rings. The number of halogens is 1. The summed E-state index contributed by atoms with van der Waals surface area (Å²) in [6, 6.07) is 10.8. The Bertz CT molecular complexity index is 663. The van der Waals surface area contributed by atoms with Crippen LogP contribution in [-0.2, 0) is 6.54 Å². The van der Waals surface area contributed by atoms with Crippen LogP contribution in [0.4, 0.5) is 4.39 Å². The summed E-state index contributed by atoms with van der Waals surface area (Å²) in [5.74, 6) is 0.0119. The summed E-state index contributed by atoms with van der Waals surface area (Å²) >= 11 is 0. The quantitative estimate of drug-likeness (QED) is 0.715. The molecular weight excluding hydrogens is 265 g/mol. The van der Waals surface area contributed by atoms with E-state index in [1.165, 1.54) is 17.7 Å². The molecule has 0 aliphatic carbocycles. The predicted molar refractivity (Wildman–Crippen MR) is 79.3 cm³/mol. The molecule has 4 heteroatoms. The monoisotopic (exact) mass is 281 g/mol. The highest BCUT2D eigenvalue weighted by molar-refractivity contribution is 5.31. The lowest BCUT2D eigenvalue weighted by molar-refractivity contribution is 0.591. The first kappa shape index (κ1) is 13.5. The molecule has 3 nitrogen and oxygen atoms in total. The third-order valence-electron chi connectivity index (χ3n) is 3.62. The molecule has 0 amide bonds. The Labute approximate surface area is 123 Å². The minimum atomic E-state index is -0.207. The highest BCUT2D eigenvalue weighted by Gasteiger charge is 2.14. The fraction of sp³-hybridized carbons (Fsp3) is 0.176. The topological polar surface area (TPSA) is 30.7 Å². The maximum absolute atomic E-state index is 13.1. The molecule has 2 heterocycles. The highest BCUT2D eigenvalue weighted by atomic mass is 19.1. The SMILES string of the molecule is Fc1ccc(C(CCn2ccnc2)c2ccncc2)cc1. The van der Waals surface area contributed by atoms with Crippen LogP contribution in [0.15, 0.2) is 67.5 Å². The van der Waals surface area contributed by atoms with Crippen molar-refractivity contribution in [2.75, 3.05) is 0 Å². The minimum Gasteiger partial charge on any atom is -0.337 e. The van der Waals surface area contributed by atoms with Crippen LogP contribution in [-0.4, -0.2) is 14.5 Å². The van der Waals surface area contributed by atoms with Gasteiger partial charge in [0.2, 0.25) is 0 Å². The van der Waals surface area contributed by atoms with Crippen LogP contribution in [0.1, 0.15) is 23.5 Å². The molecule has 0 radical (unpaired) electrons. The Morgan fingerprint density at radius 3 is 2.29 bits per heavy atom. The smallest absolute Gasteiger partial charge is 0.123 e. The second-order valence-corrected chi connectivity index (χ2v) is 4.97. The van der Waals surface area contributed by atoms with E-state index in [1.54, 1.807) is 18.6 Å². The van der Waals surface area contributed by atoms with E-state index in [1.807, 2.05) is 36.8 Å². The zero-order chi connectivity index (χ0) is 14.5. The van der Waals surface area contributed by atoms with Gasteiger partial charge in [-0.15, -0.1) is 0 Å². The normalized spacial score (nSPS) is 12.2. The maximum Gasteiger partial charge on any atom is 0.123 e. The summed E-state index contributed by atoms with van der Waals surface area (Å²) in [5.41, 5.74) is 2.31. The molecule has 0 bridgehead atoms. The Balaban J connectivity index is 1.85. The number of nitrogens with zero attached hydrogens (tertiary/aromatic N) is 3. The maximum atomic E-state index is 13.1. The molecule has 2 aromatic heterocycles. The number of aryl methyl sites for hydroxylation is 1. The first-order valence-electron chi connectivity index (χ1n) is 6.94. The van der Waals surface area contributed by atoms with E-state index in [0.717, 1.165) is 18.5 Å². The lowest BCUT2D eigenvalue weighted by Gasteiger charge is -2.18. The molecule has 0 spiro atoms. The molecule has 1 atom stereocenters. The second-order valence-electron chi connectivity index (χ2n) is 4.97. The van der Waals surface area contributed by atoms with E-state index in [0.29, 0.717) is 0 Å². The van der Waals surface area contributed by atoms with Crippen LogP contribution >= 0.6 is 0 Å². The Kier molecular flexibility index (Phi) is 4.05. The van der Waals surface area contributed by atoms with Gasteiger partial charge in [0.1, 0.15) is 5.82 Å². The van der Waals surface area contributed by atoms with Gasteiger partial charge in [-0.05, 0) is 41.8 Å².